The zero-order valence-corrected chi connectivity index (χ0v) is 24.0. The van der Waals surface area contributed by atoms with Crippen LogP contribution in [0.1, 0.15) is 83.3 Å². The second kappa shape index (κ2) is 10.5. The molecule has 0 heterocycles. The van der Waals surface area contributed by atoms with Gasteiger partial charge in [-0.15, -0.1) is 0 Å². The van der Waals surface area contributed by atoms with Gasteiger partial charge in [0.2, 0.25) is 0 Å². The number of fused-ring (bicyclic) bond motifs is 5. The van der Waals surface area contributed by atoms with Gasteiger partial charge < -0.3 is 15.3 Å². The molecule has 4 aliphatic carbocycles. The van der Waals surface area contributed by atoms with E-state index in [0.717, 1.165) is 51.4 Å². The van der Waals surface area contributed by atoms with Gasteiger partial charge in [-0.3, -0.25) is 0 Å². The number of rotatable bonds is 5. The molecule has 6 rings (SSSR count). The minimum atomic E-state index is -0.333. The first-order valence-corrected chi connectivity index (χ1v) is 15.6. The molecule has 0 amide bonds. The van der Waals surface area contributed by atoms with Crippen LogP contribution in [0.2, 0.25) is 0 Å². The number of aliphatic hydroxyl groups excluding tert-OH is 3. The lowest BCUT2D eigenvalue weighted by molar-refractivity contribution is -0.206. The average molecular weight is 529 g/mol. The summed E-state index contributed by atoms with van der Waals surface area (Å²) >= 11 is 0. The first-order valence-electron chi connectivity index (χ1n) is 15.6. The number of allylic oxidation sites excluding steroid dienone is 1. The van der Waals surface area contributed by atoms with Crippen molar-refractivity contribution in [3.05, 3.63) is 77.9 Å². The Hall–Kier alpha value is -1.94. The van der Waals surface area contributed by atoms with Crippen LogP contribution in [-0.2, 0) is 0 Å². The molecule has 4 fully saturated rings. The standard InChI is InChI=1S/C36H48O3/c1-23(14-15-28(24-10-6-4-7-11-24)25-12-8-5-9-13-25)29-16-17-30-34-31(22-33(39)36(29,30)3)35(2)19-18-27(37)20-26(35)21-32(34)38/h4-13,15,23,26-27,29-34,37-39H,14,16-22H2,1-3H3/t23?,26-,27+,29+,30-,31-,32+,33-,34-,35-,36+/m0/s1. The second-order valence-electron chi connectivity index (χ2n) is 14.1. The fourth-order valence-corrected chi connectivity index (χ4v) is 10.2. The Morgan fingerprint density at radius 1 is 0.846 bits per heavy atom. The summed E-state index contributed by atoms with van der Waals surface area (Å²) in [5.74, 6) is 2.24. The van der Waals surface area contributed by atoms with Crippen molar-refractivity contribution in [3.63, 3.8) is 0 Å². The van der Waals surface area contributed by atoms with E-state index >= 15 is 0 Å². The van der Waals surface area contributed by atoms with Crippen molar-refractivity contribution in [1.29, 1.82) is 0 Å². The van der Waals surface area contributed by atoms with Gasteiger partial charge in [0.25, 0.3) is 0 Å². The van der Waals surface area contributed by atoms with Crippen molar-refractivity contribution < 1.29 is 15.3 Å². The topological polar surface area (TPSA) is 60.7 Å². The molecule has 210 valence electrons. The highest BCUT2D eigenvalue weighted by Crippen LogP contribution is 2.68. The number of hydrogen-bond acceptors (Lipinski definition) is 3. The van der Waals surface area contributed by atoms with Gasteiger partial charge in [-0.25, -0.2) is 0 Å². The second-order valence-corrected chi connectivity index (χ2v) is 14.1. The van der Waals surface area contributed by atoms with E-state index in [2.05, 4.69) is 87.5 Å². The molecule has 0 aromatic heterocycles. The summed E-state index contributed by atoms with van der Waals surface area (Å²) < 4.78 is 0. The maximum absolute atomic E-state index is 11.9. The third-order valence-corrected chi connectivity index (χ3v) is 12.4. The van der Waals surface area contributed by atoms with Crippen LogP contribution in [0.25, 0.3) is 5.57 Å². The Bertz CT molecular complexity index is 1120. The van der Waals surface area contributed by atoms with Gasteiger partial charge in [0.05, 0.1) is 18.3 Å². The molecule has 3 nitrogen and oxygen atoms in total. The van der Waals surface area contributed by atoms with Gasteiger partial charge in [-0.2, -0.15) is 0 Å². The predicted octanol–water partition coefficient (Wildman–Crippen LogP) is 7.11. The lowest BCUT2D eigenvalue weighted by atomic mass is 9.43. The van der Waals surface area contributed by atoms with E-state index in [1.165, 1.54) is 16.7 Å². The highest BCUT2D eigenvalue weighted by molar-refractivity contribution is 5.79. The monoisotopic (exact) mass is 528 g/mol. The van der Waals surface area contributed by atoms with Crippen LogP contribution < -0.4 is 0 Å². The lowest BCUT2D eigenvalue weighted by Gasteiger charge is -2.63. The quantitative estimate of drug-likeness (QED) is 0.388. The first kappa shape index (κ1) is 27.2. The summed E-state index contributed by atoms with van der Waals surface area (Å²) in [6, 6.07) is 21.4. The first-order chi connectivity index (χ1) is 18.7. The van der Waals surface area contributed by atoms with Crippen molar-refractivity contribution in [3.8, 4) is 0 Å². The minimum absolute atomic E-state index is 0.123. The molecule has 3 N–H and O–H groups in total. The molecule has 2 aromatic rings. The summed E-state index contributed by atoms with van der Waals surface area (Å²) in [6.45, 7) is 7.16. The molecule has 2 aromatic carbocycles. The molecule has 0 spiro atoms. The molecule has 4 saturated carbocycles. The van der Waals surface area contributed by atoms with Gasteiger partial charge in [0.15, 0.2) is 0 Å². The van der Waals surface area contributed by atoms with E-state index in [1.807, 2.05) is 0 Å². The van der Waals surface area contributed by atoms with Gasteiger partial charge in [-0.1, -0.05) is 87.5 Å². The highest BCUT2D eigenvalue weighted by Gasteiger charge is 2.65. The fraction of sp³-hybridized carbons (Fsp3) is 0.611. The molecule has 0 aliphatic heterocycles. The van der Waals surface area contributed by atoms with Crippen LogP contribution in [0.5, 0.6) is 0 Å². The van der Waals surface area contributed by atoms with Crippen LogP contribution in [0.4, 0.5) is 0 Å². The van der Waals surface area contributed by atoms with Crippen molar-refractivity contribution in [2.75, 3.05) is 0 Å². The Labute approximate surface area is 235 Å². The summed E-state index contributed by atoms with van der Waals surface area (Å²) in [7, 11) is 0. The SMILES string of the molecule is CC(CC=C(c1ccccc1)c1ccccc1)[C@H]1CC[C@H]2[C@@H]3[C@H](O)C[C@@H]4C[C@H](O)CC[C@]4(C)[C@H]3C[C@H](O)[C@]12C. The van der Waals surface area contributed by atoms with Crippen LogP contribution in [-0.4, -0.2) is 33.6 Å². The van der Waals surface area contributed by atoms with Crippen LogP contribution in [0.3, 0.4) is 0 Å². The van der Waals surface area contributed by atoms with E-state index < -0.39 is 0 Å². The van der Waals surface area contributed by atoms with Gasteiger partial charge in [0.1, 0.15) is 0 Å². The van der Waals surface area contributed by atoms with E-state index in [1.54, 1.807) is 0 Å². The molecule has 4 aliphatic rings. The Morgan fingerprint density at radius 2 is 1.49 bits per heavy atom. The Morgan fingerprint density at radius 3 is 2.13 bits per heavy atom. The molecular weight excluding hydrogens is 480 g/mol. The average Bonchev–Trinajstić information content (AvgIpc) is 3.30. The van der Waals surface area contributed by atoms with Crippen molar-refractivity contribution in [2.24, 2.45) is 46.3 Å². The predicted molar refractivity (Wildman–Crippen MR) is 158 cm³/mol. The van der Waals surface area contributed by atoms with Crippen molar-refractivity contribution >= 4 is 5.57 Å². The third kappa shape index (κ3) is 4.53. The van der Waals surface area contributed by atoms with Gasteiger partial charge >= 0.3 is 0 Å². The maximum atomic E-state index is 11.9. The van der Waals surface area contributed by atoms with E-state index in [4.69, 9.17) is 0 Å². The fourth-order valence-electron chi connectivity index (χ4n) is 10.2. The number of benzene rings is 2. The maximum Gasteiger partial charge on any atom is 0.0602 e. The Kier molecular flexibility index (Phi) is 7.31. The summed E-state index contributed by atoms with van der Waals surface area (Å²) in [4.78, 5) is 0. The molecule has 3 heteroatoms. The molecular formula is C36H48O3. The summed E-state index contributed by atoms with van der Waals surface area (Å²) in [5.41, 5.74) is 3.74. The smallest absolute Gasteiger partial charge is 0.0602 e. The number of hydrogen-bond donors (Lipinski definition) is 3. The zero-order valence-electron chi connectivity index (χ0n) is 24.0. The van der Waals surface area contributed by atoms with E-state index in [9.17, 15) is 15.3 Å². The molecule has 11 atom stereocenters. The van der Waals surface area contributed by atoms with Gasteiger partial charge in [0, 0.05) is 0 Å². The van der Waals surface area contributed by atoms with E-state index in [0.29, 0.717) is 29.6 Å². The summed E-state index contributed by atoms with van der Waals surface area (Å²) in [5, 5.41) is 33.9. The third-order valence-electron chi connectivity index (χ3n) is 12.4. The van der Waals surface area contributed by atoms with Crippen LogP contribution in [0, 0.1) is 46.3 Å². The lowest BCUT2D eigenvalue weighted by Crippen LogP contribution is -2.62. The van der Waals surface area contributed by atoms with Crippen molar-refractivity contribution in [1.82, 2.24) is 0 Å². The van der Waals surface area contributed by atoms with Gasteiger partial charge in [-0.05, 0) is 114 Å². The highest BCUT2D eigenvalue weighted by atomic mass is 16.3. The van der Waals surface area contributed by atoms with E-state index in [-0.39, 0.29) is 35.1 Å². The Balaban J connectivity index is 1.26. The van der Waals surface area contributed by atoms with Crippen LogP contribution in [0.15, 0.2) is 66.7 Å². The molecule has 39 heavy (non-hydrogen) atoms. The van der Waals surface area contributed by atoms with Crippen LogP contribution >= 0.6 is 0 Å². The minimum Gasteiger partial charge on any atom is -0.393 e. The van der Waals surface area contributed by atoms with Crippen molar-refractivity contribution in [2.45, 2.75) is 90.4 Å². The zero-order chi connectivity index (χ0) is 27.4. The molecule has 1 unspecified atom stereocenters. The molecule has 0 bridgehead atoms. The largest absolute Gasteiger partial charge is 0.393 e. The normalized spacial score (nSPS) is 42.1. The summed E-state index contributed by atoms with van der Waals surface area (Å²) in [6.07, 6.45) is 9.09. The molecule has 0 radical (unpaired) electrons. The molecule has 0 saturated heterocycles. The number of aliphatic hydroxyl groups is 3.